The minimum atomic E-state index is 0.0501. The highest BCUT2D eigenvalue weighted by Crippen LogP contribution is 2.27. The molecule has 4 rings (SSSR count). The molecule has 0 saturated carbocycles. The van der Waals surface area contributed by atoms with Crippen LogP contribution >= 0.6 is 0 Å². The quantitative estimate of drug-likeness (QED) is 0.703. The van der Waals surface area contributed by atoms with Crippen molar-refractivity contribution in [3.63, 3.8) is 0 Å². The standard InChI is InChI=1S/C24H30N2O4/c1-28-21-8-9-23(29-2)20(15-21)16-25-10-12-26(13-11-25)24(27)17-30-22-7-6-18-4-3-5-19(18)14-22/h6-9,14-15H,3-5,10-13,16-17H2,1-2H3. The molecule has 1 saturated heterocycles. The number of amides is 1. The van der Waals surface area contributed by atoms with E-state index in [9.17, 15) is 4.79 Å². The number of methoxy groups -OCH3 is 2. The Kier molecular flexibility index (Phi) is 6.43. The molecule has 1 aliphatic carbocycles. The summed E-state index contributed by atoms with van der Waals surface area (Å²) in [6, 6.07) is 12.1. The first kappa shape index (κ1) is 20.5. The van der Waals surface area contributed by atoms with Crippen LogP contribution in [0.3, 0.4) is 0 Å². The lowest BCUT2D eigenvalue weighted by molar-refractivity contribution is -0.135. The van der Waals surface area contributed by atoms with Crippen molar-refractivity contribution in [2.24, 2.45) is 0 Å². The van der Waals surface area contributed by atoms with Gasteiger partial charge < -0.3 is 19.1 Å². The number of piperazine rings is 1. The molecule has 0 aromatic heterocycles. The van der Waals surface area contributed by atoms with Crippen molar-refractivity contribution in [3.8, 4) is 17.2 Å². The molecule has 1 aliphatic heterocycles. The van der Waals surface area contributed by atoms with Crippen LogP contribution in [0.4, 0.5) is 0 Å². The fourth-order valence-corrected chi connectivity index (χ4v) is 4.28. The number of rotatable bonds is 7. The predicted octanol–water partition coefficient (Wildman–Crippen LogP) is 2.92. The summed E-state index contributed by atoms with van der Waals surface area (Å²) in [5.74, 6) is 2.53. The molecular weight excluding hydrogens is 380 g/mol. The number of carbonyl (C=O) groups is 1. The van der Waals surface area contributed by atoms with E-state index < -0.39 is 0 Å². The molecule has 1 amide bonds. The lowest BCUT2D eigenvalue weighted by Crippen LogP contribution is -2.49. The summed E-state index contributed by atoms with van der Waals surface area (Å²) in [5.41, 5.74) is 3.87. The fraction of sp³-hybridized carbons (Fsp3) is 0.458. The maximum atomic E-state index is 12.6. The van der Waals surface area contributed by atoms with Crippen LogP contribution in [-0.4, -0.2) is 62.7 Å². The molecule has 1 fully saturated rings. The van der Waals surface area contributed by atoms with Gasteiger partial charge in [-0.2, -0.15) is 0 Å². The Labute approximate surface area is 178 Å². The van der Waals surface area contributed by atoms with Crippen molar-refractivity contribution in [2.75, 3.05) is 47.0 Å². The Hall–Kier alpha value is -2.73. The number of benzene rings is 2. The lowest BCUT2D eigenvalue weighted by atomic mass is 10.1. The van der Waals surface area contributed by atoms with Gasteiger partial charge >= 0.3 is 0 Å². The molecule has 0 unspecified atom stereocenters. The minimum absolute atomic E-state index is 0.0501. The number of ether oxygens (including phenoxy) is 3. The number of carbonyl (C=O) groups excluding carboxylic acids is 1. The lowest BCUT2D eigenvalue weighted by Gasteiger charge is -2.35. The van der Waals surface area contributed by atoms with Gasteiger partial charge in [0.15, 0.2) is 6.61 Å². The molecule has 160 valence electrons. The Morgan fingerprint density at radius 3 is 2.43 bits per heavy atom. The Balaban J connectivity index is 1.26. The van der Waals surface area contributed by atoms with Crippen molar-refractivity contribution >= 4 is 5.91 Å². The number of hydrogen-bond donors (Lipinski definition) is 0. The van der Waals surface area contributed by atoms with Gasteiger partial charge in [-0.1, -0.05) is 6.07 Å². The molecular formula is C24H30N2O4. The summed E-state index contributed by atoms with van der Waals surface area (Å²) in [6.07, 6.45) is 3.48. The maximum Gasteiger partial charge on any atom is 0.260 e. The highest BCUT2D eigenvalue weighted by atomic mass is 16.5. The monoisotopic (exact) mass is 410 g/mol. The summed E-state index contributed by atoms with van der Waals surface area (Å²) < 4.78 is 16.6. The van der Waals surface area contributed by atoms with Crippen molar-refractivity contribution in [2.45, 2.75) is 25.8 Å². The summed E-state index contributed by atoms with van der Waals surface area (Å²) >= 11 is 0. The Bertz CT molecular complexity index is 891. The molecule has 0 N–H and O–H groups in total. The van der Waals surface area contributed by atoms with E-state index in [1.54, 1.807) is 14.2 Å². The number of fused-ring (bicyclic) bond motifs is 1. The van der Waals surface area contributed by atoms with Crippen molar-refractivity contribution < 1.29 is 19.0 Å². The molecule has 1 heterocycles. The van der Waals surface area contributed by atoms with Crippen LogP contribution in [0.2, 0.25) is 0 Å². The molecule has 2 aliphatic rings. The minimum Gasteiger partial charge on any atom is -0.497 e. The van der Waals surface area contributed by atoms with Crippen LogP contribution in [0, 0.1) is 0 Å². The summed E-state index contributed by atoms with van der Waals surface area (Å²) in [4.78, 5) is 16.8. The molecule has 6 heteroatoms. The molecule has 0 spiro atoms. The van der Waals surface area contributed by atoms with E-state index >= 15 is 0 Å². The first-order chi connectivity index (χ1) is 14.7. The zero-order chi connectivity index (χ0) is 20.9. The first-order valence-electron chi connectivity index (χ1n) is 10.6. The molecule has 0 radical (unpaired) electrons. The molecule has 2 aromatic carbocycles. The van der Waals surface area contributed by atoms with Crippen LogP contribution in [-0.2, 0) is 24.2 Å². The van der Waals surface area contributed by atoms with Gasteiger partial charge in [0, 0.05) is 38.3 Å². The summed E-state index contributed by atoms with van der Waals surface area (Å²) in [7, 11) is 3.35. The van der Waals surface area contributed by atoms with Gasteiger partial charge in [-0.25, -0.2) is 0 Å². The van der Waals surface area contributed by atoms with Crippen molar-refractivity contribution in [1.82, 2.24) is 9.80 Å². The van der Waals surface area contributed by atoms with E-state index in [2.05, 4.69) is 17.0 Å². The average Bonchev–Trinajstić information content (AvgIpc) is 3.26. The van der Waals surface area contributed by atoms with E-state index in [1.165, 1.54) is 17.5 Å². The smallest absolute Gasteiger partial charge is 0.260 e. The van der Waals surface area contributed by atoms with E-state index in [4.69, 9.17) is 14.2 Å². The van der Waals surface area contributed by atoms with Gasteiger partial charge in [0.1, 0.15) is 17.2 Å². The van der Waals surface area contributed by atoms with Crippen LogP contribution in [0.5, 0.6) is 17.2 Å². The first-order valence-corrected chi connectivity index (χ1v) is 10.6. The fourth-order valence-electron chi connectivity index (χ4n) is 4.28. The predicted molar refractivity (Wildman–Crippen MR) is 115 cm³/mol. The van der Waals surface area contributed by atoms with Crippen molar-refractivity contribution in [3.05, 3.63) is 53.1 Å². The number of aryl methyl sites for hydroxylation is 2. The van der Waals surface area contributed by atoms with Crippen LogP contribution in [0.25, 0.3) is 0 Å². The molecule has 0 bridgehead atoms. The topological polar surface area (TPSA) is 51.2 Å². The average molecular weight is 411 g/mol. The van der Waals surface area contributed by atoms with Gasteiger partial charge in [0.25, 0.3) is 5.91 Å². The molecule has 2 aromatic rings. The summed E-state index contributed by atoms with van der Waals surface area (Å²) in [6.45, 7) is 3.93. The third kappa shape index (κ3) is 4.70. The Morgan fingerprint density at radius 1 is 0.900 bits per heavy atom. The van der Waals surface area contributed by atoms with Gasteiger partial charge in [-0.15, -0.1) is 0 Å². The van der Waals surface area contributed by atoms with Crippen LogP contribution in [0.15, 0.2) is 36.4 Å². The van der Waals surface area contributed by atoms with E-state index in [0.717, 1.165) is 55.3 Å². The summed E-state index contributed by atoms with van der Waals surface area (Å²) in [5, 5.41) is 0. The number of nitrogens with zero attached hydrogens (tertiary/aromatic N) is 2. The second-order valence-corrected chi connectivity index (χ2v) is 7.91. The van der Waals surface area contributed by atoms with Gasteiger partial charge in [0.05, 0.1) is 14.2 Å². The maximum absolute atomic E-state index is 12.6. The van der Waals surface area contributed by atoms with Crippen LogP contribution in [0.1, 0.15) is 23.1 Å². The van der Waals surface area contributed by atoms with E-state index in [1.807, 2.05) is 29.2 Å². The van der Waals surface area contributed by atoms with Gasteiger partial charge in [0.2, 0.25) is 0 Å². The molecule has 0 atom stereocenters. The molecule has 6 nitrogen and oxygen atoms in total. The SMILES string of the molecule is COc1ccc(OC)c(CN2CCN(C(=O)COc3ccc4c(c3)CCC4)CC2)c1. The zero-order valence-electron chi connectivity index (χ0n) is 17.9. The second kappa shape index (κ2) is 9.39. The van der Waals surface area contributed by atoms with Gasteiger partial charge in [-0.3, -0.25) is 9.69 Å². The van der Waals surface area contributed by atoms with E-state index in [-0.39, 0.29) is 12.5 Å². The van der Waals surface area contributed by atoms with Crippen molar-refractivity contribution in [1.29, 1.82) is 0 Å². The third-order valence-electron chi connectivity index (χ3n) is 6.04. The van der Waals surface area contributed by atoms with Crippen LogP contribution < -0.4 is 14.2 Å². The van der Waals surface area contributed by atoms with E-state index in [0.29, 0.717) is 13.1 Å². The number of hydrogen-bond acceptors (Lipinski definition) is 5. The normalized spacial score (nSPS) is 16.3. The Morgan fingerprint density at radius 2 is 1.67 bits per heavy atom. The molecule has 30 heavy (non-hydrogen) atoms. The largest absolute Gasteiger partial charge is 0.497 e. The van der Waals surface area contributed by atoms with Gasteiger partial charge in [-0.05, 0) is 60.7 Å². The second-order valence-electron chi connectivity index (χ2n) is 7.91. The highest BCUT2D eigenvalue weighted by Gasteiger charge is 2.22. The zero-order valence-corrected chi connectivity index (χ0v) is 17.9. The third-order valence-corrected chi connectivity index (χ3v) is 6.04. The highest BCUT2D eigenvalue weighted by molar-refractivity contribution is 5.77.